The maximum absolute atomic E-state index is 12.0. The average Bonchev–Trinajstić information content (AvgIpc) is 2.51. The van der Waals surface area contributed by atoms with Crippen LogP contribution in [0.4, 0.5) is 4.79 Å². The molecule has 1 rings (SSSR count). The molecule has 1 amide bonds. The molecule has 24 heavy (non-hydrogen) atoms. The quantitative estimate of drug-likeness (QED) is 0.807. The zero-order valence-electron chi connectivity index (χ0n) is 15.1. The van der Waals surface area contributed by atoms with E-state index in [4.69, 9.17) is 4.74 Å². The van der Waals surface area contributed by atoms with Gasteiger partial charge in [-0.05, 0) is 51.2 Å². The van der Waals surface area contributed by atoms with Crippen LogP contribution < -0.4 is 5.32 Å². The highest BCUT2D eigenvalue weighted by Crippen LogP contribution is 2.26. The number of amides is 1. The van der Waals surface area contributed by atoms with Gasteiger partial charge in [-0.1, -0.05) is 43.2 Å². The smallest absolute Gasteiger partial charge is 0.412 e. The van der Waals surface area contributed by atoms with E-state index in [1.807, 2.05) is 64.1 Å². The lowest BCUT2D eigenvalue weighted by Crippen LogP contribution is -2.32. The van der Waals surface area contributed by atoms with E-state index in [1.165, 1.54) is 0 Å². The van der Waals surface area contributed by atoms with Gasteiger partial charge in [0.2, 0.25) is 0 Å². The van der Waals surface area contributed by atoms with Crippen LogP contribution in [-0.4, -0.2) is 23.4 Å². The monoisotopic (exact) mass is 329 g/mol. The number of aliphatic hydroxyl groups is 1. The minimum absolute atomic E-state index is 0.0125. The molecule has 2 N–H and O–H groups in total. The third-order valence-corrected chi connectivity index (χ3v) is 3.33. The van der Waals surface area contributed by atoms with Crippen LogP contribution in [0.15, 0.2) is 42.1 Å². The fourth-order valence-corrected chi connectivity index (χ4v) is 2.22. The second kappa shape index (κ2) is 9.14. The first-order chi connectivity index (χ1) is 11.3. The summed E-state index contributed by atoms with van der Waals surface area (Å²) >= 11 is 0. The van der Waals surface area contributed by atoms with Crippen LogP contribution in [0.1, 0.15) is 46.1 Å². The third kappa shape index (κ3) is 6.89. The summed E-state index contributed by atoms with van der Waals surface area (Å²) in [5, 5.41) is 12.3. The summed E-state index contributed by atoms with van der Waals surface area (Å²) in [5.74, 6) is 5.61. The maximum atomic E-state index is 12.0. The lowest BCUT2D eigenvalue weighted by molar-refractivity contribution is 0.0548. The van der Waals surface area contributed by atoms with Crippen molar-refractivity contribution in [3.63, 3.8) is 0 Å². The van der Waals surface area contributed by atoms with Crippen molar-refractivity contribution in [2.24, 2.45) is 5.92 Å². The van der Waals surface area contributed by atoms with E-state index >= 15 is 0 Å². The molecule has 4 heteroatoms. The molecule has 0 spiro atoms. The van der Waals surface area contributed by atoms with Gasteiger partial charge in [0.1, 0.15) is 5.60 Å². The molecule has 0 bridgehead atoms. The van der Waals surface area contributed by atoms with Crippen molar-refractivity contribution in [3.05, 3.63) is 47.7 Å². The van der Waals surface area contributed by atoms with E-state index in [9.17, 15) is 9.90 Å². The Labute approximate surface area is 144 Å². The van der Waals surface area contributed by atoms with Crippen LogP contribution in [0.2, 0.25) is 0 Å². The van der Waals surface area contributed by atoms with Crippen molar-refractivity contribution in [2.45, 2.75) is 46.1 Å². The number of hydrogen-bond donors (Lipinski definition) is 2. The Morgan fingerprint density at radius 1 is 1.33 bits per heavy atom. The number of carbonyl (C=O) groups excluding carboxylic acids is 1. The van der Waals surface area contributed by atoms with Crippen LogP contribution in [0.3, 0.4) is 0 Å². The Morgan fingerprint density at radius 3 is 2.46 bits per heavy atom. The van der Waals surface area contributed by atoms with Gasteiger partial charge in [0.05, 0.1) is 5.70 Å². The minimum atomic E-state index is -0.577. The van der Waals surface area contributed by atoms with Crippen LogP contribution >= 0.6 is 0 Å². The van der Waals surface area contributed by atoms with Gasteiger partial charge < -0.3 is 9.84 Å². The standard InChI is InChI=1S/C20H27NO3/c1-6-10-17(21-19(23)24-20(3,4)5)13-18(15(2)14-22)16-11-8-7-9-12-16/h7-9,11-13,15,18,22H,14H2,1-5H3,(H,21,23)/b17-13-/t15-,18-/m0/s1. The maximum Gasteiger partial charge on any atom is 0.412 e. The zero-order valence-corrected chi connectivity index (χ0v) is 15.1. The summed E-state index contributed by atoms with van der Waals surface area (Å²) in [6, 6.07) is 9.84. The number of ether oxygens (including phenoxy) is 1. The molecule has 0 fully saturated rings. The van der Waals surface area contributed by atoms with Crippen molar-refractivity contribution in [2.75, 3.05) is 6.61 Å². The number of rotatable bonds is 5. The van der Waals surface area contributed by atoms with Crippen molar-refractivity contribution >= 4 is 6.09 Å². The number of benzene rings is 1. The molecule has 2 atom stereocenters. The largest absolute Gasteiger partial charge is 0.444 e. The van der Waals surface area contributed by atoms with E-state index in [1.54, 1.807) is 6.92 Å². The molecule has 0 aliphatic rings. The zero-order chi connectivity index (χ0) is 18.2. The second-order valence-corrected chi connectivity index (χ2v) is 6.68. The van der Waals surface area contributed by atoms with Gasteiger partial charge in [-0.3, -0.25) is 5.32 Å². The van der Waals surface area contributed by atoms with Crippen molar-refractivity contribution in [1.82, 2.24) is 5.32 Å². The summed E-state index contributed by atoms with van der Waals surface area (Å²) in [7, 11) is 0. The first-order valence-corrected chi connectivity index (χ1v) is 8.07. The summed E-state index contributed by atoms with van der Waals surface area (Å²) in [6.45, 7) is 9.12. The molecule has 0 heterocycles. The summed E-state index contributed by atoms with van der Waals surface area (Å²) in [6.07, 6.45) is 1.33. The lowest BCUT2D eigenvalue weighted by Gasteiger charge is -2.22. The summed E-state index contributed by atoms with van der Waals surface area (Å²) in [5.41, 5.74) is 0.952. The molecule has 0 radical (unpaired) electrons. The van der Waals surface area contributed by atoms with Crippen molar-refractivity contribution in [3.8, 4) is 11.8 Å². The van der Waals surface area contributed by atoms with E-state index in [0.29, 0.717) is 5.70 Å². The van der Waals surface area contributed by atoms with Gasteiger partial charge in [-0.25, -0.2) is 4.79 Å². The first-order valence-electron chi connectivity index (χ1n) is 8.07. The molecule has 0 aromatic heterocycles. The van der Waals surface area contributed by atoms with Gasteiger partial charge in [-0.15, -0.1) is 0 Å². The number of hydrogen-bond acceptors (Lipinski definition) is 3. The molecule has 1 aromatic carbocycles. The Bertz CT molecular complexity index is 618. The minimum Gasteiger partial charge on any atom is -0.444 e. The molecule has 0 aliphatic carbocycles. The normalized spacial score (nSPS) is 14.2. The van der Waals surface area contributed by atoms with Crippen LogP contribution in [-0.2, 0) is 4.74 Å². The van der Waals surface area contributed by atoms with Crippen LogP contribution in [0, 0.1) is 17.8 Å². The summed E-state index contributed by atoms with van der Waals surface area (Å²) < 4.78 is 5.28. The van der Waals surface area contributed by atoms with Crippen LogP contribution in [0.25, 0.3) is 0 Å². The SMILES string of the molecule is CC#C/C(=C/[C@H](c1ccccc1)[C@@H](C)CO)NC(=O)OC(C)(C)C. The fraction of sp³-hybridized carbons (Fsp3) is 0.450. The number of alkyl carbamates (subject to hydrolysis) is 1. The molecule has 1 aromatic rings. The van der Waals surface area contributed by atoms with Crippen molar-refractivity contribution < 1.29 is 14.6 Å². The number of nitrogens with one attached hydrogen (secondary N) is 1. The van der Waals surface area contributed by atoms with E-state index in [2.05, 4.69) is 17.2 Å². The molecule has 130 valence electrons. The van der Waals surface area contributed by atoms with Gasteiger partial charge in [-0.2, -0.15) is 0 Å². The number of aliphatic hydroxyl groups excluding tert-OH is 1. The molecule has 4 nitrogen and oxygen atoms in total. The highest BCUT2D eigenvalue weighted by Gasteiger charge is 2.20. The van der Waals surface area contributed by atoms with E-state index in [-0.39, 0.29) is 18.4 Å². The Morgan fingerprint density at radius 2 is 1.96 bits per heavy atom. The lowest BCUT2D eigenvalue weighted by atomic mass is 9.87. The van der Waals surface area contributed by atoms with Crippen molar-refractivity contribution in [1.29, 1.82) is 0 Å². The van der Waals surface area contributed by atoms with E-state index < -0.39 is 11.7 Å². The molecule has 0 unspecified atom stereocenters. The molecular formula is C20H27NO3. The number of carbonyl (C=O) groups is 1. The molecule has 0 saturated carbocycles. The predicted octanol–water partition coefficient (Wildman–Crippen LogP) is 3.83. The Kier molecular flexibility index (Phi) is 7.54. The average molecular weight is 329 g/mol. The fourth-order valence-electron chi connectivity index (χ4n) is 2.22. The topological polar surface area (TPSA) is 58.6 Å². The molecule has 0 saturated heterocycles. The van der Waals surface area contributed by atoms with Gasteiger partial charge >= 0.3 is 6.09 Å². The third-order valence-electron chi connectivity index (χ3n) is 3.33. The highest BCUT2D eigenvalue weighted by molar-refractivity contribution is 5.71. The highest BCUT2D eigenvalue weighted by atomic mass is 16.6. The van der Waals surface area contributed by atoms with Gasteiger partial charge in [0, 0.05) is 12.5 Å². The van der Waals surface area contributed by atoms with Crippen LogP contribution in [0.5, 0.6) is 0 Å². The molecule has 0 aliphatic heterocycles. The Hall–Kier alpha value is -2.25. The first kappa shape index (κ1) is 19.8. The second-order valence-electron chi connectivity index (χ2n) is 6.68. The number of allylic oxidation sites excluding steroid dienone is 2. The van der Waals surface area contributed by atoms with Gasteiger partial charge in [0.15, 0.2) is 0 Å². The van der Waals surface area contributed by atoms with Gasteiger partial charge in [0.25, 0.3) is 0 Å². The predicted molar refractivity (Wildman–Crippen MR) is 96.3 cm³/mol. The molecular weight excluding hydrogens is 302 g/mol. The Balaban J connectivity index is 3.08. The van der Waals surface area contributed by atoms with E-state index in [0.717, 1.165) is 5.56 Å². The summed E-state index contributed by atoms with van der Waals surface area (Å²) in [4.78, 5) is 12.0.